The van der Waals surface area contributed by atoms with E-state index in [4.69, 9.17) is 0 Å². The molecule has 0 aliphatic carbocycles. The molecule has 0 bridgehead atoms. The molecule has 34 heavy (non-hydrogen) atoms. The molecule has 1 amide bonds. The van der Waals surface area contributed by atoms with Crippen LogP contribution in [0.4, 0.5) is 13.2 Å². The highest BCUT2D eigenvalue weighted by atomic mass is 19.4. The van der Waals surface area contributed by atoms with Crippen molar-refractivity contribution in [2.75, 3.05) is 13.1 Å². The van der Waals surface area contributed by atoms with E-state index in [1.165, 1.54) is 12.1 Å². The summed E-state index contributed by atoms with van der Waals surface area (Å²) in [4.78, 5) is 23.5. The van der Waals surface area contributed by atoms with E-state index < -0.39 is 17.2 Å². The molecule has 0 spiro atoms. The summed E-state index contributed by atoms with van der Waals surface area (Å²) in [7, 11) is 0. The average molecular weight is 464 g/mol. The number of benzene rings is 1. The number of piperidine rings is 1. The van der Waals surface area contributed by atoms with Crippen molar-refractivity contribution in [1.82, 2.24) is 14.9 Å². The first kappa shape index (κ1) is 23.4. The second-order valence-corrected chi connectivity index (χ2v) is 8.54. The van der Waals surface area contributed by atoms with E-state index in [-0.39, 0.29) is 11.8 Å². The van der Waals surface area contributed by atoms with Gasteiger partial charge in [-0.1, -0.05) is 19.1 Å². The van der Waals surface area contributed by atoms with E-state index in [9.17, 15) is 23.2 Å². The minimum Gasteiger partial charge on any atom is -0.338 e. The van der Waals surface area contributed by atoms with Crippen LogP contribution < -0.4 is 0 Å². The van der Waals surface area contributed by atoms with Gasteiger partial charge in [0, 0.05) is 37.2 Å². The Kier molecular flexibility index (Phi) is 6.38. The molecule has 1 unspecified atom stereocenters. The molecule has 0 N–H and O–H groups in total. The number of rotatable bonds is 4. The maximum absolute atomic E-state index is 13.3. The van der Waals surface area contributed by atoms with E-state index in [2.05, 4.69) is 16.0 Å². The fourth-order valence-electron chi connectivity index (χ4n) is 4.52. The van der Waals surface area contributed by atoms with Crippen molar-refractivity contribution in [2.24, 2.45) is 5.41 Å². The molecule has 1 saturated heterocycles. The third kappa shape index (κ3) is 4.51. The van der Waals surface area contributed by atoms with Crippen LogP contribution in [-0.4, -0.2) is 33.9 Å². The normalized spacial score (nSPS) is 16.5. The summed E-state index contributed by atoms with van der Waals surface area (Å²) in [6, 6.07) is 14.5. The summed E-state index contributed by atoms with van der Waals surface area (Å²) < 4.78 is 38.7. The Morgan fingerprint density at radius 3 is 2.29 bits per heavy atom. The molecule has 174 valence electrons. The molecule has 1 aliphatic rings. The monoisotopic (exact) mass is 464 g/mol. The molecule has 5 nitrogen and oxygen atoms in total. The highest BCUT2D eigenvalue weighted by Gasteiger charge is 2.42. The molecule has 1 aromatic carbocycles. The molecule has 1 atom stereocenters. The van der Waals surface area contributed by atoms with Gasteiger partial charge in [-0.15, -0.1) is 0 Å². The first-order valence-corrected chi connectivity index (χ1v) is 11.0. The maximum Gasteiger partial charge on any atom is 0.416 e. The van der Waals surface area contributed by atoms with Crippen LogP contribution in [0.5, 0.6) is 0 Å². The standard InChI is InChI=1S/C26H23F3N4O/c1-18(19-4-6-21(7-5-19)26(27,28)29)25(17-30)10-15-33(16-11-25)24(34)22-3-2-12-32-23(22)20-8-13-31-14-9-20/h2-9,12-14,18H,10-11,15-16H2,1H3. The van der Waals surface area contributed by atoms with E-state index in [0.29, 0.717) is 42.8 Å². The lowest BCUT2D eigenvalue weighted by Crippen LogP contribution is -2.44. The molecule has 0 saturated carbocycles. The van der Waals surface area contributed by atoms with Gasteiger partial charge >= 0.3 is 6.18 Å². The van der Waals surface area contributed by atoms with E-state index in [0.717, 1.165) is 17.7 Å². The van der Waals surface area contributed by atoms with Crippen molar-refractivity contribution in [3.05, 3.63) is 83.8 Å². The maximum atomic E-state index is 13.3. The smallest absolute Gasteiger partial charge is 0.338 e. The molecule has 4 rings (SSSR count). The van der Waals surface area contributed by atoms with Gasteiger partial charge in [0.2, 0.25) is 0 Å². The number of amides is 1. The first-order chi connectivity index (χ1) is 16.2. The van der Waals surface area contributed by atoms with Crippen molar-refractivity contribution in [3.8, 4) is 17.3 Å². The zero-order chi connectivity index (χ0) is 24.3. The van der Waals surface area contributed by atoms with Crippen molar-refractivity contribution in [3.63, 3.8) is 0 Å². The van der Waals surface area contributed by atoms with Gasteiger partial charge in [-0.2, -0.15) is 18.4 Å². The van der Waals surface area contributed by atoms with Crippen LogP contribution in [0.1, 0.15) is 47.2 Å². The van der Waals surface area contributed by atoms with Crippen LogP contribution in [0.3, 0.4) is 0 Å². The SMILES string of the molecule is CC(c1ccc(C(F)(F)F)cc1)C1(C#N)CCN(C(=O)c2cccnc2-c2ccncc2)CC1. The van der Waals surface area contributed by atoms with Gasteiger partial charge in [-0.25, -0.2) is 0 Å². The van der Waals surface area contributed by atoms with Crippen molar-refractivity contribution in [2.45, 2.75) is 31.9 Å². The number of halogens is 3. The van der Waals surface area contributed by atoms with Crippen molar-refractivity contribution < 1.29 is 18.0 Å². The Hall–Kier alpha value is -3.73. The minimum atomic E-state index is -4.40. The molecule has 2 aromatic heterocycles. The van der Waals surface area contributed by atoms with Gasteiger partial charge in [0.05, 0.1) is 28.3 Å². The Labute approximate surface area is 195 Å². The second kappa shape index (κ2) is 9.26. The lowest BCUT2D eigenvalue weighted by atomic mass is 9.68. The predicted octanol–water partition coefficient (Wildman–Crippen LogP) is 5.71. The molecule has 8 heteroatoms. The fourth-order valence-corrected chi connectivity index (χ4v) is 4.52. The number of carbonyl (C=O) groups excluding carboxylic acids is 1. The van der Waals surface area contributed by atoms with Crippen molar-refractivity contribution in [1.29, 1.82) is 5.26 Å². The number of hydrogen-bond acceptors (Lipinski definition) is 4. The molecule has 1 fully saturated rings. The summed E-state index contributed by atoms with van der Waals surface area (Å²) in [5.41, 5.74) is 1.05. The molecule has 3 heterocycles. The molecule has 3 aromatic rings. The summed E-state index contributed by atoms with van der Waals surface area (Å²) >= 11 is 0. The Balaban J connectivity index is 1.51. The van der Waals surface area contributed by atoms with Crippen molar-refractivity contribution >= 4 is 5.91 Å². The summed E-state index contributed by atoms with van der Waals surface area (Å²) in [6.07, 6.45) is 1.38. The fraction of sp³-hybridized carbons (Fsp3) is 0.308. The van der Waals surface area contributed by atoms with Crippen LogP contribution in [0, 0.1) is 16.7 Å². The number of pyridine rings is 2. The number of nitriles is 1. The number of carbonyl (C=O) groups is 1. The van der Waals surface area contributed by atoms with Gasteiger partial charge in [0.1, 0.15) is 0 Å². The lowest BCUT2D eigenvalue weighted by molar-refractivity contribution is -0.137. The largest absolute Gasteiger partial charge is 0.416 e. The summed E-state index contributed by atoms with van der Waals surface area (Å²) in [5, 5.41) is 10.0. The second-order valence-electron chi connectivity index (χ2n) is 8.54. The number of likely N-dealkylation sites (tertiary alicyclic amines) is 1. The lowest BCUT2D eigenvalue weighted by Gasteiger charge is -2.41. The molecule has 0 radical (unpaired) electrons. The van der Waals surface area contributed by atoms with Crippen LogP contribution in [-0.2, 0) is 6.18 Å². The highest BCUT2D eigenvalue weighted by Crippen LogP contribution is 2.44. The van der Waals surface area contributed by atoms with E-state index in [1.807, 2.05) is 6.92 Å². The molecular weight excluding hydrogens is 441 g/mol. The van der Waals surface area contributed by atoms with Crippen LogP contribution in [0.2, 0.25) is 0 Å². The summed E-state index contributed by atoms with van der Waals surface area (Å²) in [6.45, 7) is 2.62. The third-order valence-corrected chi connectivity index (χ3v) is 6.72. The number of alkyl halides is 3. The number of nitrogens with zero attached hydrogens (tertiary/aromatic N) is 4. The van der Waals surface area contributed by atoms with E-state index >= 15 is 0 Å². The number of aromatic nitrogens is 2. The minimum absolute atomic E-state index is 0.159. The van der Waals surface area contributed by atoms with Gasteiger partial charge < -0.3 is 4.90 Å². The van der Waals surface area contributed by atoms with E-state index in [1.54, 1.807) is 47.8 Å². The van der Waals surface area contributed by atoms with Gasteiger partial charge in [0.15, 0.2) is 0 Å². The topological polar surface area (TPSA) is 69.9 Å². The Bertz CT molecular complexity index is 1200. The Morgan fingerprint density at radius 1 is 1.06 bits per heavy atom. The van der Waals surface area contributed by atoms with Crippen LogP contribution in [0.15, 0.2) is 67.1 Å². The number of hydrogen-bond donors (Lipinski definition) is 0. The zero-order valence-corrected chi connectivity index (χ0v) is 18.6. The Morgan fingerprint density at radius 2 is 1.71 bits per heavy atom. The summed E-state index contributed by atoms with van der Waals surface area (Å²) in [5.74, 6) is -0.434. The highest BCUT2D eigenvalue weighted by molar-refractivity contribution is 5.99. The third-order valence-electron chi connectivity index (χ3n) is 6.72. The zero-order valence-electron chi connectivity index (χ0n) is 18.6. The first-order valence-electron chi connectivity index (χ1n) is 11.0. The van der Waals surface area contributed by atoms with Gasteiger partial charge in [-0.05, 0) is 60.7 Å². The van der Waals surface area contributed by atoms with Crippen LogP contribution in [0.25, 0.3) is 11.3 Å². The average Bonchev–Trinajstić information content (AvgIpc) is 2.88. The van der Waals surface area contributed by atoms with Gasteiger partial charge in [0.25, 0.3) is 5.91 Å². The predicted molar refractivity (Wildman–Crippen MR) is 121 cm³/mol. The quantitative estimate of drug-likeness (QED) is 0.496. The molecular formula is C26H23F3N4O. The van der Waals surface area contributed by atoms with Crippen LogP contribution >= 0.6 is 0 Å². The van der Waals surface area contributed by atoms with Gasteiger partial charge in [-0.3, -0.25) is 14.8 Å². The molecule has 1 aliphatic heterocycles.